The van der Waals surface area contributed by atoms with Crippen LogP contribution in [0.1, 0.15) is 49.7 Å². The molecule has 1 amide bonds. The zero-order valence-corrected chi connectivity index (χ0v) is 14.0. The van der Waals surface area contributed by atoms with Gasteiger partial charge in [0.15, 0.2) is 0 Å². The molecule has 1 aliphatic carbocycles. The molecule has 0 bridgehead atoms. The molecule has 0 radical (unpaired) electrons. The van der Waals surface area contributed by atoms with Crippen molar-refractivity contribution in [3.8, 4) is 0 Å². The van der Waals surface area contributed by atoms with E-state index >= 15 is 0 Å². The Hall–Kier alpha value is -1.56. The lowest BCUT2D eigenvalue weighted by atomic mass is 10.0. The molecule has 1 aliphatic rings. The van der Waals surface area contributed by atoms with E-state index in [1.165, 1.54) is 12.1 Å². The molecule has 1 aromatic carbocycles. The standard InChI is InChI=1S/C18H25F3N2O/c1-22-12-6-11-17(24)23(15-8-3-4-9-15)13-14-7-2-5-10-16(14)18(19,20)21/h2,5,7,10,15,22H,3-4,6,8-9,11-13H2,1H3. The third kappa shape index (κ3) is 4.97. The monoisotopic (exact) mass is 342 g/mol. The van der Waals surface area contributed by atoms with Crippen molar-refractivity contribution in [2.24, 2.45) is 0 Å². The first kappa shape index (κ1) is 18.8. The molecule has 0 aromatic heterocycles. The van der Waals surface area contributed by atoms with Crippen molar-refractivity contribution in [1.82, 2.24) is 10.2 Å². The Balaban J connectivity index is 2.18. The van der Waals surface area contributed by atoms with Crippen LogP contribution in [0.15, 0.2) is 24.3 Å². The predicted octanol–water partition coefficient (Wildman–Crippen LogP) is 3.98. The van der Waals surface area contributed by atoms with Crippen molar-refractivity contribution in [1.29, 1.82) is 0 Å². The number of hydrogen-bond donors (Lipinski definition) is 1. The van der Waals surface area contributed by atoms with Crippen LogP contribution in [0, 0.1) is 0 Å². The number of halogens is 3. The normalized spacial score (nSPS) is 15.7. The zero-order chi connectivity index (χ0) is 17.6. The Morgan fingerprint density at radius 3 is 2.54 bits per heavy atom. The number of hydrogen-bond acceptors (Lipinski definition) is 2. The van der Waals surface area contributed by atoms with E-state index < -0.39 is 11.7 Å². The molecule has 0 saturated heterocycles. The minimum absolute atomic E-state index is 0.0404. The van der Waals surface area contributed by atoms with Gasteiger partial charge in [0.1, 0.15) is 0 Å². The number of carbonyl (C=O) groups excluding carboxylic acids is 1. The first-order valence-electron chi connectivity index (χ1n) is 8.52. The number of nitrogens with zero attached hydrogens (tertiary/aromatic N) is 1. The second kappa shape index (κ2) is 8.51. The molecule has 0 spiro atoms. The first-order chi connectivity index (χ1) is 11.4. The Labute approximate surface area is 141 Å². The van der Waals surface area contributed by atoms with Crippen molar-refractivity contribution < 1.29 is 18.0 Å². The minimum Gasteiger partial charge on any atom is -0.335 e. The van der Waals surface area contributed by atoms with Gasteiger partial charge in [-0.1, -0.05) is 31.0 Å². The number of rotatable bonds is 7. The van der Waals surface area contributed by atoms with Crippen LogP contribution in [-0.4, -0.2) is 30.4 Å². The predicted molar refractivity (Wildman–Crippen MR) is 87.4 cm³/mol. The van der Waals surface area contributed by atoms with Gasteiger partial charge in [-0.25, -0.2) is 0 Å². The van der Waals surface area contributed by atoms with Crippen LogP contribution in [-0.2, 0) is 17.5 Å². The summed E-state index contributed by atoms with van der Waals surface area (Å²) in [6.45, 7) is 0.766. The van der Waals surface area contributed by atoms with Gasteiger partial charge < -0.3 is 10.2 Å². The summed E-state index contributed by atoms with van der Waals surface area (Å²) < 4.78 is 39.6. The maximum absolute atomic E-state index is 13.2. The fourth-order valence-electron chi connectivity index (χ4n) is 3.32. The Kier molecular flexibility index (Phi) is 6.66. The van der Waals surface area contributed by atoms with Gasteiger partial charge >= 0.3 is 6.18 Å². The zero-order valence-electron chi connectivity index (χ0n) is 14.0. The summed E-state index contributed by atoms with van der Waals surface area (Å²) in [7, 11) is 1.82. The smallest absolute Gasteiger partial charge is 0.335 e. The lowest BCUT2D eigenvalue weighted by Gasteiger charge is -2.30. The first-order valence-corrected chi connectivity index (χ1v) is 8.52. The second-order valence-electron chi connectivity index (χ2n) is 6.32. The van der Waals surface area contributed by atoms with Crippen LogP contribution in [0.3, 0.4) is 0 Å². The van der Waals surface area contributed by atoms with E-state index in [1.807, 2.05) is 7.05 Å². The molecule has 0 atom stereocenters. The largest absolute Gasteiger partial charge is 0.416 e. The minimum atomic E-state index is -4.40. The van der Waals surface area contributed by atoms with E-state index in [0.717, 1.165) is 38.3 Å². The fourth-order valence-corrected chi connectivity index (χ4v) is 3.32. The third-order valence-electron chi connectivity index (χ3n) is 4.57. The summed E-state index contributed by atoms with van der Waals surface area (Å²) in [5, 5.41) is 2.99. The van der Waals surface area contributed by atoms with Crippen molar-refractivity contribution in [3.05, 3.63) is 35.4 Å². The second-order valence-corrected chi connectivity index (χ2v) is 6.32. The molecular formula is C18H25F3N2O. The molecule has 2 rings (SSSR count). The van der Waals surface area contributed by atoms with Crippen molar-refractivity contribution in [3.63, 3.8) is 0 Å². The van der Waals surface area contributed by atoms with Crippen LogP contribution in [0.2, 0.25) is 0 Å². The summed E-state index contributed by atoms with van der Waals surface area (Å²) in [6.07, 6.45) is 0.494. The Bertz CT molecular complexity index is 539. The number of alkyl halides is 3. The highest BCUT2D eigenvalue weighted by Crippen LogP contribution is 2.34. The lowest BCUT2D eigenvalue weighted by molar-refractivity contribution is -0.140. The van der Waals surface area contributed by atoms with E-state index in [-0.39, 0.29) is 24.1 Å². The Morgan fingerprint density at radius 1 is 1.25 bits per heavy atom. The van der Waals surface area contributed by atoms with E-state index in [4.69, 9.17) is 0 Å². The van der Waals surface area contributed by atoms with Crippen molar-refractivity contribution >= 4 is 5.91 Å². The molecule has 1 saturated carbocycles. The molecule has 1 fully saturated rings. The molecule has 0 heterocycles. The van der Waals surface area contributed by atoms with Crippen LogP contribution in [0.4, 0.5) is 13.2 Å². The van der Waals surface area contributed by atoms with Gasteiger partial charge in [-0.15, -0.1) is 0 Å². The van der Waals surface area contributed by atoms with Gasteiger partial charge in [0.2, 0.25) is 5.91 Å². The van der Waals surface area contributed by atoms with E-state index in [2.05, 4.69) is 5.32 Å². The number of carbonyl (C=O) groups is 1. The quantitative estimate of drug-likeness (QED) is 0.760. The van der Waals surface area contributed by atoms with Gasteiger partial charge in [0, 0.05) is 19.0 Å². The average Bonchev–Trinajstić information content (AvgIpc) is 3.06. The lowest BCUT2D eigenvalue weighted by Crippen LogP contribution is -2.39. The van der Waals surface area contributed by atoms with E-state index in [9.17, 15) is 18.0 Å². The highest BCUT2D eigenvalue weighted by atomic mass is 19.4. The molecule has 1 aromatic rings. The van der Waals surface area contributed by atoms with Crippen LogP contribution in [0.5, 0.6) is 0 Å². The molecule has 24 heavy (non-hydrogen) atoms. The summed E-state index contributed by atoms with van der Waals surface area (Å²) in [5.41, 5.74) is -0.463. The highest BCUT2D eigenvalue weighted by Gasteiger charge is 2.34. The van der Waals surface area contributed by atoms with Crippen molar-refractivity contribution in [2.75, 3.05) is 13.6 Å². The number of benzene rings is 1. The average molecular weight is 342 g/mol. The number of nitrogens with one attached hydrogen (secondary N) is 1. The topological polar surface area (TPSA) is 32.3 Å². The molecular weight excluding hydrogens is 317 g/mol. The molecule has 3 nitrogen and oxygen atoms in total. The van der Waals surface area contributed by atoms with Gasteiger partial charge in [0.25, 0.3) is 0 Å². The molecule has 134 valence electrons. The van der Waals surface area contributed by atoms with Gasteiger partial charge in [-0.3, -0.25) is 4.79 Å². The van der Waals surface area contributed by atoms with E-state index in [0.29, 0.717) is 12.8 Å². The maximum Gasteiger partial charge on any atom is 0.416 e. The van der Waals surface area contributed by atoms with Crippen LogP contribution in [0.25, 0.3) is 0 Å². The highest BCUT2D eigenvalue weighted by molar-refractivity contribution is 5.76. The summed E-state index contributed by atoms with van der Waals surface area (Å²) in [4.78, 5) is 14.3. The van der Waals surface area contributed by atoms with Crippen LogP contribution < -0.4 is 5.32 Å². The SMILES string of the molecule is CNCCCC(=O)N(Cc1ccccc1C(F)(F)F)C1CCCC1. The van der Waals surface area contributed by atoms with Gasteiger partial charge in [0.05, 0.1) is 5.56 Å². The van der Waals surface area contributed by atoms with Crippen molar-refractivity contribution in [2.45, 2.75) is 57.3 Å². The number of amides is 1. The van der Waals surface area contributed by atoms with Crippen LogP contribution >= 0.6 is 0 Å². The molecule has 6 heteroatoms. The molecule has 0 unspecified atom stereocenters. The third-order valence-corrected chi connectivity index (χ3v) is 4.57. The molecule has 0 aliphatic heterocycles. The maximum atomic E-state index is 13.2. The molecule has 1 N–H and O–H groups in total. The Morgan fingerprint density at radius 2 is 1.92 bits per heavy atom. The van der Waals surface area contributed by atoms with Gasteiger partial charge in [-0.05, 0) is 44.5 Å². The fraction of sp³-hybridized carbons (Fsp3) is 0.611. The summed E-state index contributed by atoms with van der Waals surface area (Å²) in [6, 6.07) is 5.62. The summed E-state index contributed by atoms with van der Waals surface area (Å²) in [5.74, 6) is -0.0471. The van der Waals surface area contributed by atoms with Gasteiger partial charge in [-0.2, -0.15) is 13.2 Å². The van der Waals surface area contributed by atoms with E-state index in [1.54, 1.807) is 11.0 Å². The summed E-state index contributed by atoms with van der Waals surface area (Å²) >= 11 is 0.